The molecule has 1 aromatic rings. The largest absolute Gasteiger partial charge is 0.480 e. The number of nitrogens with one attached hydrogen (secondary N) is 2. The molecule has 0 aliphatic carbocycles. The van der Waals surface area contributed by atoms with Crippen LogP contribution in [0.5, 0.6) is 0 Å². The molecule has 0 saturated carbocycles. The highest BCUT2D eigenvalue weighted by atomic mass is 16.4. The van der Waals surface area contributed by atoms with Crippen LogP contribution in [0.2, 0.25) is 0 Å². The molecular formula is C16H22N2O4. The Bertz CT molecular complexity index is 583. The monoisotopic (exact) mass is 306 g/mol. The lowest BCUT2D eigenvalue weighted by Gasteiger charge is -2.21. The zero-order valence-corrected chi connectivity index (χ0v) is 13.5. The van der Waals surface area contributed by atoms with Gasteiger partial charge in [0.2, 0.25) is 0 Å². The van der Waals surface area contributed by atoms with E-state index in [0.29, 0.717) is 11.1 Å². The molecule has 22 heavy (non-hydrogen) atoms. The third-order valence-electron chi connectivity index (χ3n) is 2.86. The van der Waals surface area contributed by atoms with Crippen LogP contribution in [0.25, 0.3) is 0 Å². The Kier molecular flexibility index (Phi) is 4.96. The first-order valence-corrected chi connectivity index (χ1v) is 6.91. The number of carbonyl (C=O) groups is 3. The van der Waals surface area contributed by atoms with Crippen molar-refractivity contribution in [3.05, 3.63) is 35.4 Å². The first-order chi connectivity index (χ1) is 9.92. The smallest absolute Gasteiger partial charge is 0.328 e. The van der Waals surface area contributed by atoms with Crippen molar-refractivity contribution < 1.29 is 19.5 Å². The van der Waals surface area contributed by atoms with Crippen LogP contribution in [0.4, 0.5) is 0 Å². The highest BCUT2D eigenvalue weighted by Crippen LogP contribution is 2.09. The number of benzene rings is 1. The summed E-state index contributed by atoms with van der Waals surface area (Å²) in [6.45, 7) is 8.43. The molecule has 0 radical (unpaired) electrons. The number of amides is 2. The third-order valence-corrected chi connectivity index (χ3v) is 2.86. The summed E-state index contributed by atoms with van der Waals surface area (Å²) in [7, 11) is 0. The van der Waals surface area contributed by atoms with Gasteiger partial charge in [-0.05, 0) is 58.9 Å². The second kappa shape index (κ2) is 6.17. The Hall–Kier alpha value is -2.37. The quantitative estimate of drug-likeness (QED) is 0.790. The lowest BCUT2D eigenvalue weighted by molar-refractivity contribution is -0.143. The Morgan fingerprint density at radius 3 is 1.50 bits per heavy atom. The molecule has 1 rings (SSSR count). The molecule has 0 unspecified atom stereocenters. The predicted octanol–water partition coefficient (Wildman–Crippen LogP) is 1.81. The van der Waals surface area contributed by atoms with Gasteiger partial charge in [0.25, 0.3) is 11.8 Å². The Morgan fingerprint density at radius 2 is 1.18 bits per heavy atom. The van der Waals surface area contributed by atoms with Gasteiger partial charge in [0.05, 0.1) is 0 Å². The minimum absolute atomic E-state index is 0.231. The van der Waals surface area contributed by atoms with E-state index in [9.17, 15) is 14.4 Å². The van der Waals surface area contributed by atoms with E-state index in [1.165, 1.54) is 38.1 Å². The van der Waals surface area contributed by atoms with Crippen LogP contribution < -0.4 is 10.6 Å². The minimum Gasteiger partial charge on any atom is -0.480 e. The van der Waals surface area contributed by atoms with Crippen molar-refractivity contribution in [3.63, 3.8) is 0 Å². The number of aliphatic carboxylic acids is 1. The van der Waals surface area contributed by atoms with E-state index in [-0.39, 0.29) is 11.4 Å². The van der Waals surface area contributed by atoms with Crippen LogP contribution in [-0.4, -0.2) is 34.0 Å². The van der Waals surface area contributed by atoms with Gasteiger partial charge in [-0.1, -0.05) is 0 Å². The van der Waals surface area contributed by atoms with E-state index in [1.54, 1.807) is 0 Å². The van der Waals surface area contributed by atoms with Crippen molar-refractivity contribution in [2.75, 3.05) is 0 Å². The summed E-state index contributed by atoms with van der Waals surface area (Å²) in [5.41, 5.74) is -0.983. The van der Waals surface area contributed by atoms with Crippen molar-refractivity contribution in [2.24, 2.45) is 0 Å². The van der Waals surface area contributed by atoms with Gasteiger partial charge >= 0.3 is 5.97 Å². The average molecular weight is 306 g/mol. The number of hydrogen-bond donors (Lipinski definition) is 3. The van der Waals surface area contributed by atoms with E-state index >= 15 is 0 Å². The SMILES string of the molecule is CC(C)(C)NC(=O)c1ccc(C(=O)NC(C)(C)C(=O)O)cc1. The average Bonchev–Trinajstić information content (AvgIpc) is 2.36. The normalized spacial score (nSPS) is 11.7. The Labute approximate surface area is 129 Å². The van der Waals surface area contributed by atoms with Crippen molar-refractivity contribution in [1.82, 2.24) is 10.6 Å². The predicted molar refractivity (Wildman–Crippen MR) is 82.8 cm³/mol. The topological polar surface area (TPSA) is 95.5 Å². The maximum atomic E-state index is 12.0. The maximum Gasteiger partial charge on any atom is 0.328 e. The summed E-state index contributed by atoms with van der Waals surface area (Å²) in [6.07, 6.45) is 0. The fourth-order valence-corrected chi connectivity index (χ4v) is 1.60. The fourth-order valence-electron chi connectivity index (χ4n) is 1.60. The van der Waals surface area contributed by atoms with E-state index in [2.05, 4.69) is 10.6 Å². The summed E-state index contributed by atoms with van der Waals surface area (Å²) >= 11 is 0. The molecule has 6 heteroatoms. The lowest BCUT2D eigenvalue weighted by Crippen LogP contribution is -2.49. The molecule has 0 atom stereocenters. The second-order valence-corrected chi connectivity index (χ2v) is 6.67. The van der Waals surface area contributed by atoms with Gasteiger partial charge in [-0.2, -0.15) is 0 Å². The number of carbonyl (C=O) groups excluding carboxylic acids is 2. The molecule has 0 fully saturated rings. The summed E-state index contributed by atoms with van der Waals surface area (Å²) in [6, 6.07) is 6.04. The highest BCUT2D eigenvalue weighted by Gasteiger charge is 2.29. The van der Waals surface area contributed by atoms with Gasteiger partial charge in [0.15, 0.2) is 0 Å². The highest BCUT2D eigenvalue weighted by molar-refractivity contribution is 5.99. The lowest BCUT2D eigenvalue weighted by atomic mass is 10.0. The van der Waals surface area contributed by atoms with Gasteiger partial charge < -0.3 is 15.7 Å². The summed E-state index contributed by atoms with van der Waals surface area (Å²) in [5, 5.41) is 14.2. The molecule has 0 aromatic heterocycles. The van der Waals surface area contributed by atoms with Crippen LogP contribution in [0.1, 0.15) is 55.3 Å². The molecule has 0 aliphatic heterocycles. The van der Waals surface area contributed by atoms with E-state index in [1.807, 2.05) is 20.8 Å². The Balaban J connectivity index is 2.83. The molecule has 6 nitrogen and oxygen atoms in total. The van der Waals surface area contributed by atoms with Crippen LogP contribution in [0.15, 0.2) is 24.3 Å². The van der Waals surface area contributed by atoms with Gasteiger partial charge in [-0.15, -0.1) is 0 Å². The van der Waals surface area contributed by atoms with Gasteiger partial charge in [-0.3, -0.25) is 9.59 Å². The van der Waals surface area contributed by atoms with Gasteiger partial charge in [-0.25, -0.2) is 4.79 Å². The molecule has 2 amide bonds. The first-order valence-electron chi connectivity index (χ1n) is 6.91. The molecule has 1 aromatic carbocycles. The van der Waals surface area contributed by atoms with E-state index < -0.39 is 17.4 Å². The molecule has 0 saturated heterocycles. The number of rotatable bonds is 4. The molecule has 0 spiro atoms. The summed E-state index contributed by atoms with van der Waals surface area (Å²) in [4.78, 5) is 35.0. The molecule has 0 heterocycles. The van der Waals surface area contributed by atoms with Crippen molar-refractivity contribution in [1.29, 1.82) is 0 Å². The van der Waals surface area contributed by atoms with Crippen LogP contribution in [0.3, 0.4) is 0 Å². The zero-order chi connectivity index (χ0) is 17.1. The van der Waals surface area contributed by atoms with Crippen molar-refractivity contribution >= 4 is 17.8 Å². The standard InChI is InChI=1S/C16H22N2O4/c1-15(2,3)17-12(19)10-6-8-11(9-7-10)13(20)18-16(4,5)14(21)22/h6-9H,1-5H3,(H,17,19)(H,18,20)(H,21,22). The van der Waals surface area contributed by atoms with E-state index in [0.717, 1.165) is 0 Å². The maximum absolute atomic E-state index is 12.0. The molecule has 120 valence electrons. The molecule has 3 N–H and O–H groups in total. The van der Waals surface area contributed by atoms with Gasteiger partial charge in [0, 0.05) is 16.7 Å². The molecule has 0 bridgehead atoms. The molecule has 0 aliphatic rings. The second-order valence-electron chi connectivity index (χ2n) is 6.67. The first kappa shape index (κ1) is 17.7. The van der Waals surface area contributed by atoms with E-state index in [4.69, 9.17) is 5.11 Å². The van der Waals surface area contributed by atoms with Crippen molar-refractivity contribution in [2.45, 2.75) is 45.7 Å². The number of hydrogen-bond acceptors (Lipinski definition) is 3. The third kappa shape index (κ3) is 4.87. The van der Waals surface area contributed by atoms with Crippen LogP contribution in [-0.2, 0) is 4.79 Å². The summed E-state index contributed by atoms with van der Waals surface area (Å²) in [5.74, 6) is -1.86. The minimum atomic E-state index is -1.36. The van der Waals surface area contributed by atoms with Crippen LogP contribution >= 0.6 is 0 Å². The number of carboxylic acids is 1. The number of carboxylic acid groups (broad SMARTS) is 1. The molecular weight excluding hydrogens is 284 g/mol. The summed E-state index contributed by atoms with van der Waals surface area (Å²) < 4.78 is 0. The van der Waals surface area contributed by atoms with Gasteiger partial charge in [0.1, 0.15) is 5.54 Å². The zero-order valence-electron chi connectivity index (χ0n) is 13.5. The fraction of sp³-hybridized carbons (Fsp3) is 0.438. The van der Waals surface area contributed by atoms with Crippen molar-refractivity contribution in [3.8, 4) is 0 Å². The Morgan fingerprint density at radius 1 is 0.818 bits per heavy atom. The van der Waals surface area contributed by atoms with Crippen LogP contribution in [0, 0.1) is 0 Å².